The topological polar surface area (TPSA) is 76.6 Å². The molecule has 0 aliphatic carbocycles. The minimum Gasteiger partial charge on any atom is -0.467 e. The van der Waals surface area contributed by atoms with E-state index in [-0.39, 0.29) is 29.1 Å². The van der Waals surface area contributed by atoms with Crippen LogP contribution in [0.5, 0.6) is 5.19 Å². The van der Waals surface area contributed by atoms with Crippen molar-refractivity contribution in [2.24, 2.45) is 0 Å². The third-order valence-electron chi connectivity index (χ3n) is 5.35. The van der Waals surface area contributed by atoms with Gasteiger partial charge in [-0.2, -0.15) is 0 Å². The second-order valence-electron chi connectivity index (χ2n) is 7.48. The molecule has 30 heavy (non-hydrogen) atoms. The number of thiazole rings is 1. The quantitative estimate of drug-likeness (QED) is 0.577. The molecule has 158 valence electrons. The number of ether oxygens (including phenoxy) is 1. The van der Waals surface area contributed by atoms with Crippen molar-refractivity contribution in [1.82, 2.24) is 9.88 Å². The molecule has 1 aliphatic rings. The summed E-state index contributed by atoms with van der Waals surface area (Å²) in [6, 6.07) is 14.4. The molecule has 0 atom stereocenters. The zero-order valence-electron chi connectivity index (χ0n) is 16.8. The molecule has 4 rings (SSSR count). The maximum Gasteiger partial charge on any atom is 0.274 e. The van der Waals surface area contributed by atoms with Crippen molar-refractivity contribution in [3.63, 3.8) is 0 Å². The van der Waals surface area contributed by atoms with E-state index in [9.17, 15) is 13.2 Å². The Morgan fingerprint density at radius 3 is 2.57 bits per heavy atom. The number of carbonyl (C=O) groups is 1. The molecule has 8 heteroatoms. The van der Waals surface area contributed by atoms with Crippen molar-refractivity contribution in [2.45, 2.75) is 37.2 Å². The molecule has 2 aromatic carbocycles. The van der Waals surface area contributed by atoms with Crippen molar-refractivity contribution >= 4 is 37.3 Å². The second kappa shape index (κ2) is 8.73. The lowest BCUT2D eigenvalue weighted by Gasteiger charge is -2.31. The Balaban J connectivity index is 1.28. The smallest absolute Gasteiger partial charge is 0.274 e. The van der Waals surface area contributed by atoms with Crippen LogP contribution in [0.4, 0.5) is 0 Å². The van der Waals surface area contributed by atoms with Crippen molar-refractivity contribution in [3.8, 4) is 5.19 Å². The summed E-state index contributed by atoms with van der Waals surface area (Å²) in [6.45, 7) is 3.17. The molecule has 1 amide bonds. The van der Waals surface area contributed by atoms with Gasteiger partial charge < -0.3 is 9.64 Å². The first-order valence-electron chi connectivity index (χ1n) is 10.0. The Kier molecular flexibility index (Phi) is 6.06. The Morgan fingerprint density at radius 1 is 1.13 bits per heavy atom. The number of hydrogen-bond acceptors (Lipinski definition) is 6. The van der Waals surface area contributed by atoms with Gasteiger partial charge in [0, 0.05) is 32.4 Å². The van der Waals surface area contributed by atoms with Gasteiger partial charge in [-0.05, 0) is 30.7 Å². The fourth-order valence-corrected chi connectivity index (χ4v) is 5.82. The number of likely N-dealkylation sites (tertiary alicyclic amines) is 1. The predicted octanol–water partition coefficient (Wildman–Crippen LogP) is 3.84. The molecule has 0 spiro atoms. The number of para-hydroxylation sites is 1. The molecule has 1 aliphatic heterocycles. The SMILES string of the molecule is Cc1cccc2sc(OC3CCN(C(=O)CCS(=O)(=O)c4ccccc4)CC3)nc12. The molecule has 6 nitrogen and oxygen atoms in total. The summed E-state index contributed by atoms with van der Waals surface area (Å²) in [7, 11) is -3.44. The summed E-state index contributed by atoms with van der Waals surface area (Å²) < 4.78 is 31.9. The van der Waals surface area contributed by atoms with Gasteiger partial charge >= 0.3 is 0 Å². The van der Waals surface area contributed by atoms with Crippen LogP contribution in [0.2, 0.25) is 0 Å². The van der Waals surface area contributed by atoms with E-state index < -0.39 is 9.84 Å². The summed E-state index contributed by atoms with van der Waals surface area (Å²) in [4.78, 5) is 19.1. The predicted molar refractivity (Wildman–Crippen MR) is 118 cm³/mol. The first-order chi connectivity index (χ1) is 14.4. The van der Waals surface area contributed by atoms with Crippen LogP contribution in [0.15, 0.2) is 53.4 Å². The standard InChI is InChI=1S/C22H24N2O4S2/c1-16-6-5-9-19-21(16)23-22(29-19)28-17-10-13-24(14-11-17)20(25)12-15-30(26,27)18-7-3-2-4-8-18/h2-9,17H,10-15H2,1H3. The van der Waals surface area contributed by atoms with Crippen LogP contribution in [-0.2, 0) is 14.6 Å². The normalized spacial score (nSPS) is 15.4. The molecule has 0 unspecified atom stereocenters. The van der Waals surface area contributed by atoms with E-state index in [1.807, 2.05) is 25.1 Å². The molecule has 1 fully saturated rings. The molecular formula is C22H24N2O4S2. The van der Waals surface area contributed by atoms with Gasteiger partial charge in [0.25, 0.3) is 5.19 Å². The van der Waals surface area contributed by atoms with Crippen LogP contribution < -0.4 is 4.74 Å². The highest BCUT2D eigenvalue weighted by Gasteiger charge is 2.26. The maximum absolute atomic E-state index is 12.5. The lowest BCUT2D eigenvalue weighted by atomic mass is 10.1. The number of hydrogen-bond donors (Lipinski definition) is 0. The van der Waals surface area contributed by atoms with Crippen LogP contribution in [-0.4, -0.2) is 49.2 Å². The number of aryl methyl sites for hydroxylation is 1. The van der Waals surface area contributed by atoms with E-state index in [4.69, 9.17) is 4.74 Å². The van der Waals surface area contributed by atoms with E-state index >= 15 is 0 Å². The first kappa shape index (κ1) is 20.8. The zero-order valence-corrected chi connectivity index (χ0v) is 18.4. The fourth-order valence-electron chi connectivity index (χ4n) is 3.61. The van der Waals surface area contributed by atoms with E-state index in [1.54, 1.807) is 46.6 Å². The lowest BCUT2D eigenvalue weighted by Crippen LogP contribution is -2.42. The highest BCUT2D eigenvalue weighted by atomic mass is 32.2. The van der Waals surface area contributed by atoms with Crippen molar-refractivity contribution < 1.29 is 17.9 Å². The number of piperidine rings is 1. The van der Waals surface area contributed by atoms with Gasteiger partial charge in [0.1, 0.15) is 6.10 Å². The summed E-state index contributed by atoms with van der Waals surface area (Å²) in [5.41, 5.74) is 2.11. The largest absolute Gasteiger partial charge is 0.467 e. The van der Waals surface area contributed by atoms with E-state index in [0.717, 1.165) is 15.8 Å². The van der Waals surface area contributed by atoms with Gasteiger partial charge in [-0.1, -0.05) is 41.7 Å². The monoisotopic (exact) mass is 444 g/mol. The number of sulfone groups is 1. The Bertz CT molecular complexity index is 1130. The van der Waals surface area contributed by atoms with Crippen molar-refractivity contribution in [2.75, 3.05) is 18.8 Å². The van der Waals surface area contributed by atoms with Gasteiger partial charge in [-0.15, -0.1) is 0 Å². The fraction of sp³-hybridized carbons (Fsp3) is 0.364. The average molecular weight is 445 g/mol. The van der Waals surface area contributed by atoms with Gasteiger partial charge in [-0.25, -0.2) is 13.4 Å². The second-order valence-corrected chi connectivity index (χ2v) is 10.6. The summed E-state index contributed by atoms with van der Waals surface area (Å²) >= 11 is 1.54. The highest BCUT2D eigenvalue weighted by molar-refractivity contribution is 7.91. The van der Waals surface area contributed by atoms with Gasteiger partial charge in [0.05, 0.1) is 20.9 Å². The Morgan fingerprint density at radius 2 is 1.87 bits per heavy atom. The number of nitrogens with zero attached hydrogens (tertiary/aromatic N) is 2. The number of amides is 1. The molecule has 0 saturated carbocycles. The molecule has 1 aromatic heterocycles. The highest BCUT2D eigenvalue weighted by Crippen LogP contribution is 2.31. The molecule has 1 saturated heterocycles. The van der Waals surface area contributed by atoms with Gasteiger partial charge in [-0.3, -0.25) is 4.79 Å². The minimum atomic E-state index is -3.44. The molecule has 0 bridgehead atoms. The Hall–Kier alpha value is -2.45. The summed E-state index contributed by atoms with van der Waals surface area (Å²) in [5.74, 6) is -0.291. The minimum absolute atomic E-state index is 0.000101. The Labute approximate surface area is 180 Å². The maximum atomic E-state index is 12.5. The van der Waals surface area contributed by atoms with Crippen LogP contribution in [0.1, 0.15) is 24.8 Å². The van der Waals surface area contributed by atoms with Crippen LogP contribution in [0, 0.1) is 6.92 Å². The van der Waals surface area contributed by atoms with Gasteiger partial charge in [0.15, 0.2) is 9.84 Å². The molecule has 0 radical (unpaired) electrons. The zero-order chi connectivity index (χ0) is 21.1. The third kappa shape index (κ3) is 4.65. The number of fused-ring (bicyclic) bond motifs is 1. The van der Waals surface area contributed by atoms with Crippen molar-refractivity contribution in [3.05, 3.63) is 54.1 Å². The number of aromatic nitrogens is 1. The van der Waals surface area contributed by atoms with E-state index in [1.165, 1.54) is 0 Å². The summed E-state index contributed by atoms with van der Waals surface area (Å²) in [5, 5.41) is 0.665. The van der Waals surface area contributed by atoms with Crippen LogP contribution in [0.3, 0.4) is 0 Å². The average Bonchev–Trinajstić information content (AvgIpc) is 3.17. The third-order valence-corrected chi connectivity index (χ3v) is 7.99. The van der Waals surface area contributed by atoms with E-state index in [2.05, 4.69) is 4.98 Å². The van der Waals surface area contributed by atoms with Crippen LogP contribution >= 0.6 is 11.3 Å². The number of benzene rings is 2. The van der Waals surface area contributed by atoms with Crippen LogP contribution in [0.25, 0.3) is 10.2 Å². The first-order valence-corrected chi connectivity index (χ1v) is 12.5. The number of rotatable bonds is 6. The lowest BCUT2D eigenvalue weighted by molar-refractivity contribution is -0.132. The van der Waals surface area contributed by atoms with Crippen molar-refractivity contribution in [1.29, 1.82) is 0 Å². The summed E-state index contributed by atoms with van der Waals surface area (Å²) in [6.07, 6.45) is 1.45. The number of carbonyl (C=O) groups excluding carboxylic acids is 1. The molecule has 2 heterocycles. The molecule has 3 aromatic rings. The molecule has 0 N–H and O–H groups in total. The van der Waals surface area contributed by atoms with E-state index in [0.29, 0.717) is 31.1 Å². The van der Waals surface area contributed by atoms with Gasteiger partial charge in [0.2, 0.25) is 5.91 Å². The molecular weight excluding hydrogens is 420 g/mol.